The van der Waals surface area contributed by atoms with Crippen LogP contribution in [0.5, 0.6) is 0 Å². The first kappa shape index (κ1) is 20.7. The summed E-state index contributed by atoms with van der Waals surface area (Å²) in [5, 5.41) is 22.5. The Morgan fingerprint density at radius 1 is 1.00 bits per heavy atom. The first-order valence-electron chi connectivity index (χ1n) is 10.1. The molecule has 0 saturated heterocycles. The molecular weight excluding hydrogens is 444 g/mol. The van der Waals surface area contributed by atoms with Crippen molar-refractivity contribution < 1.29 is 19.2 Å². The zero-order chi connectivity index (χ0) is 22.9. The molecule has 0 aliphatic carbocycles. The maximum Gasteiger partial charge on any atom is 0.335 e. The number of carboxylic acids is 1. The van der Waals surface area contributed by atoms with E-state index in [1.807, 2.05) is 24.3 Å². The van der Waals surface area contributed by atoms with Crippen LogP contribution >= 0.6 is 11.6 Å². The highest BCUT2D eigenvalue weighted by atomic mass is 35.5. The number of nitrogens with one attached hydrogen (secondary N) is 1. The number of rotatable bonds is 6. The molecule has 0 unspecified atom stereocenters. The molecule has 0 atom stereocenters. The Morgan fingerprint density at radius 3 is 2.45 bits per heavy atom. The van der Waals surface area contributed by atoms with Crippen molar-refractivity contribution in [3.63, 3.8) is 0 Å². The van der Waals surface area contributed by atoms with E-state index >= 15 is 0 Å². The van der Waals surface area contributed by atoms with E-state index in [2.05, 4.69) is 15.6 Å². The van der Waals surface area contributed by atoms with Crippen molar-refractivity contribution in [3.05, 3.63) is 94.3 Å². The topological polar surface area (TPSA) is 110 Å². The van der Waals surface area contributed by atoms with Gasteiger partial charge in [-0.2, -0.15) is 5.10 Å². The van der Waals surface area contributed by atoms with Crippen molar-refractivity contribution in [3.8, 4) is 0 Å². The zero-order valence-corrected chi connectivity index (χ0v) is 17.9. The molecule has 8 nitrogen and oxygen atoms in total. The SMILES string of the molecule is O=C(O)c1ccc(CNC(=O)c2cc3oncc3c3cnn(Cc4ccc(Cl)cc4)c23)cc1. The summed E-state index contributed by atoms with van der Waals surface area (Å²) in [5.74, 6) is -1.30. The minimum atomic E-state index is -0.998. The molecule has 5 rings (SSSR count). The number of amides is 1. The number of carboxylic acid groups (broad SMARTS) is 1. The van der Waals surface area contributed by atoms with E-state index in [1.165, 1.54) is 12.1 Å². The average Bonchev–Trinajstić information content (AvgIpc) is 3.45. The van der Waals surface area contributed by atoms with Gasteiger partial charge in [0.25, 0.3) is 5.91 Å². The average molecular weight is 461 g/mol. The van der Waals surface area contributed by atoms with Crippen molar-refractivity contribution in [1.29, 1.82) is 0 Å². The summed E-state index contributed by atoms with van der Waals surface area (Å²) < 4.78 is 7.08. The number of carbonyl (C=O) groups is 2. The van der Waals surface area contributed by atoms with E-state index in [9.17, 15) is 9.59 Å². The van der Waals surface area contributed by atoms with Gasteiger partial charge < -0.3 is 14.9 Å². The molecule has 0 radical (unpaired) electrons. The number of halogens is 1. The zero-order valence-electron chi connectivity index (χ0n) is 17.2. The first-order chi connectivity index (χ1) is 16.0. The number of aromatic carboxylic acids is 1. The highest BCUT2D eigenvalue weighted by molar-refractivity contribution is 6.30. The molecule has 164 valence electrons. The number of hydrogen-bond acceptors (Lipinski definition) is 5. The number of nitrogens with zero attached hydrogens (tertiary/aromatic N) is 3. The lowest BCUT2D eigenvalue weighted by Crippen LogP contribution is -2.23. The Balaban J connectivity index is 1.48. The quantitative estimate of drug-likeness (QED) is 0.386. The molecule has 0 saturated carbocycles. The Kier molecular flexibility index (Phi) is 5.27. The lowest BCUT2D eigenvalue weighted by Gasteiger charge is -2.10. The van der Waals surface area contributed by atoms with Crippen LogP contribution in [0.25, 0.3) is 21.9 Å². The number of fused-ring (bicyclic) bond motifs is 3. The predicted octanol–water partition coefficient (Wildman–Crippen LogP) is 4.51. The summed E-state index contributed by atoms with van der Waals surface area (Å²) in [7, 11) is 0. The van der Waals surface area contributed by atoms with E-state index < -0.39 is 5.97 Å². The molecule has 9 heteroatoms. The smallest absolute Gasteiger partial charge is 0.335 e. The third-order valence-electron chi connectivity index (χ3n) is 5.40. The van der Waals surface area contributed by atoms with Crippen LogP contribution < -0.4 is 5.32 Å². The predicted molar refractivity (Wildman–Crippen MR) is 122 cm³/mol. The van der Waals surface area contributed by atoms with Gasteiger partial charge in [0.05, 0.1) is 41.0 Å². The van der Waals surface area contributed by atoms with Crippen LogP contribution in [0.15, 0.2) is 71.5 Å². The monoisotopic (exact) mass is 460 g/mol. The number of carbonyl (C=O) groups excluding carboxylic acids is 1. The van der Waals surface area contributed by atoms with Gasteiger partial charge in [-0.15, -0.1) is 0 Å². The van der Waals surface area contributed by atoms with Crippen molar-refractivity contribution >= 4 is 45.3 Å². The van der Waals surface area contributed by atoms with E-state index in [0.717, 1.165) is 21.9 Å². The van der Waals surface area contributed by atoms with Crippen LogP contribution in [0.1, 0.15) is 31.8 Å². The van der Waals surface area contributed by atoms with Crippen LogP contribution in [-0.2, 0) is 13.1 Å². The van der Waals surface area contributed by atoms with Crippen molar-refractivity contribution in [2.45, 2.75) is 13.1 Å². The normalized spacial score (nSPS) is 11.2. The van der Waals surface area contributed by atoms with Crippen LogP contribution in [0.4, 0.5) is 0 Å². The van der Waals surface area contributed by atoms with E-state index in [-0.39, 0.29) is 18.0 Å². The standard InChI is InChI=1S/C24H17ClN4O4/c25-17-7-3-15(4-8-17)13-29-22-18(9-21-19(12-28-33-21)20(22)11-27-29)23(30)26-10-14-1-5-16(6-2-14)24(31)32/h1-9,11-12H,10,13H2,(H,26,30)(H,31,32). The van der Waals surface area contributed by atoms with Crippen molar-refractivity contribution in [2.24, 2.45) is 0 Å². The summed E-state index contributed by atoms with van der Waals surface area (Å²) in [6, 6.07) is 15.4. The molecule has 0 bridgehead atoms. The molecule has 2 aromatic heterocycles. The molecular formula is C24H17ClN4O4. The molecule has 0 spiro atoms. The fraction of sp³-hybridized carbons (Fsp3) is 0.0833. The second kappa shape index (κ2) is 8.40. The first-order valence-corrected chi connectivity index (χ1v) is 10.4. The van der Waals surface area contributed by atoms with E-state index in [4.69, 9.17) is 21.2 Å². The summed E-state index contributed by atoms with van der Waals surface area (Å²) in [6.45, 7) is 0.689. The van der Waals surface area contributed by atoms with Crippen LogP contribution in [-0.4, -0.2) is 31.9 Å². The maximum absolute atomic E-state index is 13.2. The third-order valence-corrected chi connectivity index (χ3v) is 5.65. The highest BCUT2D eigenvalue weighted by Gasteiger charge is 2.20. The Morgan fingerprint density at radius 2 is 1.73 bits per heavy atom. The molecule has 1 amide bonds. The maximum atomic E-state index is 13.2. The molecule has 0 aliphatic rings. The molecule has 0 aliphatic heterocycles. The fourth-order valence-corrected chi connectivity index (χ4v) is 3.85. The lowest BCUT2D eigenvalue weighted by atomic mass is 10.1. The summed E-state index contributed by atoms with van der Waals surface area (Å²) in [4.78, 5) is 24.2. The highest BCUT2D eigenvalue weighted by Crippen LogP contribution is 2.29. The molecule has 3 aromatic carbocycles. The van der Waals surface area contributed by atoms with E-state index in [0.29, 0.717) is 28.2 Å². The van der Waals surface area contributed by atoms with Gasteiger partial charge in [-0.05, 0) is 41.5 Å². The lowest BCUT2D eigenvalue weighted by molar-refractivity contribution is 0.0696. The van der Waals surface area contributed by atoms with Crippen LogP contribution in [0.2, 0.25) is 5.02 Å². The second-order valence-corrected chi connectivity index (χ2v) is 7.97. The number of hydrogen-bond donors (Lipinski definition) is 2. The van der Waals surface area contributed by atoms with Gasteiger partial charge in [-0.25, -0.2) is 4.79 Å². The van der Waals surface area contributed by atoms with Gasteiger partial charge in [0.15, 0.2) is 5.58 Å². The van der Waals surface area contributed by atoms with Gasteiger partial charge in [-0.1, -0.05) is 41.0 Å². The van der Waals surface area contributed by atoms with Gasteiger partial charge in [0.2, 0.25) is 0 Å². The van der Waals surface area contributed by atoms with Gasteiger partial charge in [0.1, 0.15) is 0 Å². The van der Waals surface area contributed by atoms with Crippen LogP contribution in [0.3, 0.4) is 0 Å². The van der Waals surface area contributed by atoms with Gasteiger partial charge >= 0.3 is 5.97 Å². The number of aromatic nitrogens is 3. The minimum absolute atomic E-state index is 0.189. The summed E-state index contributed by atoms with van der Waals surface area (Å²) >= 11 is 6.00. The molecule has 0 fully saturated rings. The summed E-state index contributed by atoms with van der Waals surface area (Å²) in [5.41, 5.74) is 3.51. The minimum Gasteiger partial charge on any atom is -0.478 e. The third kappa shape index (κ3) is 4.04. The molecule has 5 aromatic rings. The largest absolute Gasteiger partial charge is 0.478 e. The van der Waals surface area contributed by atoms with Crippen LogP contribution in [0, 0.1) is 0 Å². The van der Waals surface area contributed by atoms with E-state index in [1.54, 1.807) is 35.3 Å². The second-order valence-electron chi connectivity index (χ2n) is 7.54. The number of benzene rings is 3. The van der Waals surface area contributed by atoms with Gasteiger partial charge in [-0.3, -0.25) is 9.48 Å². The Hall–Kier alpha value is -4.17. The van der Waals surface area contributed by atoms with Crippen molar-refractivity contribution in [1.82, 2.24) is 20.3 Å². The Bertz CT molecular complexity index is 1490. The summed E-state index contributed by atoms with van der Waals surface area (Å²) in [6.07, 6.45) is 3.31. The Labute approximate surface area is 192 Å². The fourth-order valence-electron chi connectivity index (χ4n) is 3.72. The molecule has 33 heavy (non-hydrogen) atoms. The molecule has 2 N–H and O–H groups in total. The van der Waals surface area contributed by atoms with Crippen molar-refractivity contribution in [2.75, 3.05) is 0 Å². The van der Waals surface area contributed by atoms with Gasteiger partial charge in [0, 0.05) is 17.0 Å². The molecule has 2 heterocycles.